The van der Waals surface area contributed by atoms with Gasteiger partial charge in [0.25, 0.3) is 0 Å². The summed E-state index contributed by atoms with van der Waals surface area (Å²) < 4.78 is 20.1. The van der Waals surface area contributed by atoms with Crippen LogP contribution >= 0.6 is 27.3 Å². The van der Waals surface area contributed by atoms with Crippen molar-refractivity contribution < 1.29 is 9.13 Å². The topological polar surface area (TPSA) is 74.9 Å². The van der Waals surface area contributed by atoms with Crippen LogP contribution in [0.4, 0.5) is 10.3 Å². The molecule has 0 amide bonds. The van der Waals surface area contributed by atoms with Gasteiger partial charge in [0.05, 0.1) is 10.7 Å². The fourth-order valence-electron chi connectivity index (χ4n) is 2.85. The highest BCUT2D eigenvalue weighted by Crippen LogP contribution is 2.29. The highest BCUT2D eigenvalue weighted by atomic mass is 79.9. The minimum Gasteiger partial charge on any atom is -0.489 e. The third-order valence-electron chi connectivity index (χ3n) is 4.15. The maximum absolute atomic E-state index is 13.4. The van der Waals surface area contributed by atoms with Crippen LogP contribution in [0.25, 0.3) is 10.3 Å². The quantitative estimate of drug-likeness (QED) is 0.623. The van der Waals surface area contributed by atoms with Crippen LogP contribution in [-0.2, 0) is 0 Å². The molecule has 3 heterocycles. The number of thiazole rings is 1. The molecule has 0 spiro atoms. The zero-order chi connectivity index (χ0) is 18.1. The number of hydrogen-bond donors (Lipinski definition) is 0. The summed E-state index contributed by atoms with van der Waals surface area (Å²) in [6.45, 7) is 1.49. The molecular weight excluding hydrogens is 421 g/mol. The molecule has 2 aromatic heterocycles. The second-order valence-corrected chi connectivity index (χ2v) is 7.70. The molecular formula is C17H13BrFN5OS. The summed E-state index contributed by atoms with van der Waals surface area (Å²) in [6.07, 6.45) is 3.25. The van der Waals surface area contributed by atoms with Crippen molar-refractivity contribution in [2.24, 2.45) is 0 Å². The largest absolute Gasteiger partial charge is 0.489 e. The van der Waals surface area contributed by atoms with Crippen molar-refractivity contribution in [2.45, 2.75) is 18.9 Å². The molecule has 0 N–H and O–H groups in total. The first-order chi connectivity index (χ1) is 12.6. The Hall–Kier alpha value is -2.31. The fraction of sp³-hybridized carbons (Fsp3) is 0.294. The Kier molecular flexibility index (Phi) is 4.70. The molecule has 1 saturated heterocycles. The van der Waals surface area contributed by atoms with Crippen LogP contribution in [0, 0.1) is 17.1 Å². The third-order valence-corrected chi connectivity index (χ3v) is 5.67. The number of rotatable bonds is 3. The molecule has 26 heavy (non-hydrogen) atoms. The van der Waals surface area contributed by atoms with Gasteiger partial charge in [-0.25, -0.2) is 19.3 Å². The molecule has 1 fully saturated rings. The SMILES string of the molecule is N#Cc1nc2cnc(N3CCC(Oc4cc(F)ccc4Br)CC3)nc2s1. The average molecular weight is 434 g/mol. The van der Waals surface area contributed by atoms with E-state index in [4.69, 9.17) is 10.00 Å². The zero-order valence-corrected chi connectivity index (χ0v) is 15.9. The minimum atomic E-state index is -0.316. The number of ether oxygens (including phenoxy) is 1. The van der Waals surface area contributed by atoms with Crippen LogP contribution in [-0.4, -0.2) is 34.1 Å². The fourth-order valence-corrected chi connectivity index (χ4v) is 3.89. The summed E-state index contributed by atoms with van der Waals surface area (Å²) in [4.78, 5) is 15.8. The van der Waals surface area contributed by atoms with Gasteiger partial charge in [-0.15, -0.1) is 0 Å². The predicted molar refractivity (Wildman–Crippen MR) is 99.9 cm³/mol. The number of hydrogen-bond acceptors (Lipinski definition) is 7. The van der Waals surface area contributed by atoms with Crippen LogP contribution < -0.4 is 9.64 Å². The van der Waals surface area contributed by atoms with E-state index in [1.807, 2.05) is 6.07 Å². The van der Waals surface area contributed by atoms with Crippen molar-refractivity contribution in [3.63, 3.8) is 0 Å². The number of anilines is 1. The highest BCUT2D eigenvalue weighted by Gasteiger charge is 2.23. The molecule has 0 radical (unpaired) electrons. The molecule has 1 aromatic carbocycles. The van der Waals surface area contributed by atoms with Gasteiger partial charge in [0.1, 0.15) is 34.1 Å². The number of fused-ring (bicyclic) bond motifs is 1. The summed E-state index contributed by atoms with van der Waals surface area (Å²) in [6, 6.07) is 6.46. The maximum atomic E-state index is 13.4. The molecule has 3 aromatic rings. The number of benzene rings is 1. The molecule has 4 rings (SSSR count). The second kappa shape index (κ2) is 7.13. The molecule has 0 atom stereocenters. The van der Waals surface area contributed by atoms with Crippen LogP contribution in [0.15, 0.2) is 28.9 Å². The van der Waals surface area contributed by atoms with Crippen molar-refractivity contribution in [3.8, 4) is 11.8 Å². The molecule has 132 valence electrons. The smallest absolute Gasteiger partial charge is 0.226 e. The minimum absolute atomic E-state index is 0.0154. The first-order valence-corrected chi connectivity index (χ1v) is 9.63. The summed E-state index contributed by atoms with van der Waals surface area (Å²) in [5.41, 5.74) is 0.643. The van der Waals surface area contributed by atoms with E-state index >= 15 is 0 Å². The van der Waals surface area contributed by atoms with Gasteiger partial charge in [-0.3, -0.25) is 0 Å². The van der Waals surface area contributed by atoms with Crippen LogP contribution in [0.1, 0.15) is 17.8 Å². The normalized spacial score (nSPS) is 15.2. The lowest BCUT2D eigenvalue weighted by molar-refractivity contribution is 0.169. The van der Waals surface area contributed by atoms with Gasteiger partial charge in [0.2, 0.25) is 5.95 Å². The van der Waals surface area contributed by atoms with E-state index in [0.717, 1.165) is 30.4 Å². The Morgan fingerprint density at radius 2 is 2.12 bits per heavy atom. The van der Waals surface area contributed by atoms with E-state index < -0.39 is 0 Å². The molecule has 1 aliphatic rings. The average Bonchev–Trinajstić information content (AvgIpc) is 3.08. The van der Waals surface area contributed by atoms with Crippen LogP contribution in [0.3, 0.4) is 0 Å². The molecule has 1 aliphatic heterocycles. The van der Waals surface area contributed by atoms with Crippen molar-refractivity contribution in [1.29, 1.82) is 5.26 Å². The van der Waals surface area contributed by atoms with Gasteiger partial charge in [-0.1, -0.05) is 11.3 Å². The Morgan fingerprint density at radius 3 is 2.88 bits per heavy atom. The van der Waals surface area contributed by atoms with Crippen LogP contribution in [0.5, 0.6) is 5.75 Å². The number of nitriles is 1. The van der Waals surface area contributed by atoms with E-state index in [1.165, 1.54) is 23.5 Å². The molecule has 0 aliphatic carbocycles. The van der Waals surface area contributed by atoms with Gasteiger partial charge in [-0.05, 0) is 28.1 Å². The standard InChI is InChI=1S/C17H13BrFN5OS/c18-12-2-1-10(19)7-14(12)25-11-3-5-24(6-4-11)17-21-9-13-16(23-17)26-15(8-20)22-13/h1-2,7,9,11H,3-6H2. The molecule has 0 unspecified atom stereocenters. The number of halogens is 2. The summed E-state index contributed by atoms with van der Waals surface area (Å²) in [5, 5.41) is 9.33. The lowest BCUT2D eigenvalue weighted by atomic mass is 10.1. The van der Waals surface area contributed by atoms with E-state index in [2.05, 4.69) is 35.8 Å². The number of piperidine rings is 1. The second-order valence-electron chi connectivity index (χ2n) is 5.87. The highest BCUT2D eigenvalue weighted by molar-refractivity contribution is 9.10. The van der Waals surface area contributed by atoms with Gasteiger partial charge >= 0.3 is 0 Å². The molecule has 0 bridgehead atoms. The van der Waals surface area contributed by atoms with Crippen molar-refractivity contribution >= 4 is 43.6 Å². The van der Waals surface area contributed by atoms with Crippen molar-refractivity contribution in [3.05, 3.63) is 39.7 Å². The molecule has 0 saturated carbocycles. The first-order valence-electron chi connectivity index (χ1n) is 8.03. The first kappa shape index (κ1) is 17.1. The van der Waals surface area contributed by atoms with E-state index in [9.17, 15) is 4.39 Å². The van der Waals surface area contributed by atoms with Gasteiger partial charge in [0, 0.05) is 32.0 Å². The summed E-state index contributed by atoms with van der Waals surface area (Å²) in [7, 11) is 0. The molecule has 9 heteroatoms. The van der Waals surface area contributed by atoms with Gasteiger partial charge in [-0.2, -0.15) is 5.26 Å². The summed E-state index contributed by atoms with van der Waals surface area (Å²) in [5.74, 6) is 0.842. The lowest BCUT2D eigenvalue weighted by Crippen LogP contribution is -2.39. The number of nitrogens with zero attached hydrogens (tertiary/aromatic N) is 5. The van der Waals surface area contributed by atoms with Crippen molar-refractivity contribution in [2.75, 3.05) is 18.0 Å². The van der Waals surface area contributed by atoms with Crippen LogP contribution in [0.2, 0.25) is 0 Å². The van der Waals surface area contributed by atoms with Crippen molar-refractivity contribution in [1.82, 2.24) is 15.0 Å². The van der Waals surface area contributed by atoms with E-state index in [0.29, 0.717) is 27.1 Å². The zero-order valence-electron chi connectivity index (χ0n) is 13.5. The third kappa shape index (κ3) is 3.48. The predicted octanol–water partition coefficient (Wildman–Crippen LogP) is 3.91. The Balaban J connectivity index is 1.43. The van der Waals surface area contributed by atoms with Gasteiger partial charge < -0.3 is 9.64 Å². The summed E-state index contributed by atoms with van der Waals surface area (Å²) >= 11 is 4.65. The molecule has 6 nitrogen and oxygen atoms in total. The number of aromatic nitrogens is 3. The lowest BCUT2D eigenvalue weighted by Gasteiger charge is -2.32. The van der Waals surface area contributed by atoms with E-state index in [-0.39, 0.29) is 11.9 Å². The monoisotopic (exact) mass is 433 g/mol. The van der Waals surface area contributed by atoms with Gasteiger partial charge in [0.15, 0.2) is 5.01 Å². The Bertz CT molecular complexity index is 996. The Morgan fingerprint density at radius 1 is 1.31 bits per heavy atom. The Labute approximate surface area is 161 Å². The van der Waals surface area contributed by atoms with E-state index in [1.54, 1.807) is 12.3 Å². The maximum Gasteiger partial charge on any atom is 0.226 e.